The molecule has 2 aromatic heterocycles. The summed E-state index contributed by atoms with van der Waals surface area (Å²) >= 11 is 1.63. The normalized spacial score (nSPS) is 22.0. The molecule has 2 saturated heterocycles. The fraction of sp³-hybridized carbons (Fsp3) is 0.588. The molecule has 0 unspecified atom stereocenters. The van der Waals surface area contributed by atoms with Gasteiger partial charge in [-0.2, -0.15) is 0 Å². The third-order valence-corrected chi connectivity index (χ3v) is 6.00. The van der Waals surface area contributed by atoms with Gasteiger partial charge in [-0.25, -0.2) is 0 Å². The molecule has 0 saturated carbocycles. The van der Waals surface area contributed by atoms with Crippen molar-refractivity contribution in [3.8, 4) is 0 Å². The van der Waals surface area contributed by atoms with Crippen LogP contribution in [0.2, 0.25) is 0 Å². The summed E-state index contributed by atoms with van der Waals surface area (Å²) in [6.45, 7) is 5.13. The smallest absolute Gasteiger partial charge is 0.267 e. The second-order valence-electron chi connectivity index (χ2n) is 7.07. The van der Waals surface area contributed by atoms with Crippen LogP contribution in [-0.2, 0) is 11.8 Å². The maximum atomic E-state index is 12.2. The fourth-order valence-electron chi connectivity index (χ4n) is 3.55. The molecule has 7 nitrogen and oxygen atoms in total. The lowest BCUT2D eigenvalue weighted by Crippen LogP contribution is -2.65. The Morgan fingerprint density at radius 3 is 2.92 bits per heavy atom. The molecule has 2 aliphatic rings. The lowest BCUT2D eigenvalue weighted by atomic mass is 9.83. The van der Waals surface area contributed by atoms with Crippen molar-refractivity contribution in [2.75, 3.05) is 31.1 Å². The van der Waals surface area contributed by atoms with Crippen molar-refractivity contribution in [1.29, 1.82) is 0 Å². The number of nitrogens with zero attached hydrogens (tertiary/aromatic N) is 4. The Balaban J connectivity index is 1.23. The van der Waals surface area contributed by atoms with Crippen molar-refractivity contribution in [2.45, 2.75) is 25.4 Å². The third-order valence-electron chi connectivity index (χ3n) is 5.11. The lowest BCUT2D eigenvalue weighted by molar-refractivity contribution is -0.115. The molecule has 1 amide bonds. The summed E-state index contributed by atoms with van der Waals surface area (Å²) in [6, 6.07) is 3.71. The van der Waals surface area contributed by atoms with Gasteiger partial charge in [0, 0.05) is 19.8 Å². The summed E-state index contributed by atoms with van der Waals surface area (Å²) in [5, 5.41) is 13.3. The Bertz CT molecular complexity index is 755. The molecule has 1 spiro atoms. The van der Waals surface area contributed by atoms with Crippen LogP contribution in [0.1, 0.15) is 28.3 Å². The molecule has 4 rings (SSSR count). The highest BCUT2D eigenvalue weighted by Gasteiger charge is 2.47. The Labute approximate surface area is 151 Å². The summed E-state index contributed by atoms with van der Waals surface area (Å²) in [6.07, 6.45) is 3.99. The fourth-order valence-corrected chi connectivity index (χ4v) is 4.24. The van der Waals surface area contributed by atoms with E-state index in [0.29, 0.717) is 24.8 Å². The van der Waals surface area contributed by atoms with Gasteiger partial charge in [0.1, 0.15) is 16.3 Å². The third kappa shape index (κ3) is 3.28. The van der Waals surface area contributed by atoms with Gasteiger partial charge in [0.05, 0.1) is 19.7 Å². The van der Waals surface area contributed by atoms with E-state index in [4.69, 9.17) is 4.74 Å². The standard InChI is InChI=1S/C17H23N5O2S/c1-12-19-20-16(25-12)22-10-17(11-22)6-5-13(9-24-17)8-18-15(23)14-4-3-7-21(14)2/h3-4,7,13H,5-6,8-11H2,1-2H3,(H,18,23)/t13-/m0/s1. The Kier molecular flexibility index (Phi) is 4.24. The molecule has 2 aliphatic heterocycles. The van der Waals surface area contributed by atoms with Gasteiger partial charge in [-0.3, -0.25) is 4.79 Å². The first-order chi connectivity index (χ1) is 12.0. The first kappa shape index (κ1) is 16.5. The van der Waals surface area contributed by atoms with Gasteiger partial charge >= 0.3 is 0 Å². The highest BCUT2D eigenvalue weighted by Crippen LogP contribution is 2.39. The van der Waals surface area contributed by atoms with Crippen LogP contribution in [-0.4, -0.2) is 52.5 Å². The summed E-state index contributed by atoms with van der Waals surface area (Å²) in [5.41, 5.74) is 0.660. The van der Waals surface area contributed by atoms with Gasteiger partial charge < -0.3 is 19.5 Å². The minimum absolute atomic E-state index is 0.0192. The van der Waals surface area contributed by atoms with Gasteiger partial charge in [-0.05, 0) is 37.8 Å². The lowest BCUT2D eigenvalue weighted by Gasteiger charge is -2.52. The summed E-state index contributed by atoms with van der Waals surface area (Å²) in [7, 11) is 1.88. The van der Waals surface area contributed by atoms with Crippen molar-refractivity contribution in [3.63, 3.8) is 0 Å². The zero-order valence-electron chi connectivity index (χ0n) is 14.6. The Hall–Kier alpha value is -1.93. The maximum Gasteiger partial charge on any atom is 0.267 e. The molecular weight excluding hydrogens is 338 g/mol. The van der Waals surface area contributed by atoms with Crippen LogP contribution in [0.3, 0.4) is 0 Å². The number of amides is 1. The molecule has 0 aliphatic carbocycles. The number of ether oxygens (including phenoxy) is 1. The zero-order valence-corrected chi connectivity index (χ0v) is 15.4. The van der Waals surface area contributed by atoms with Crippen molar-refractivity contribution in [1.82, 2.24) is 20.1 Å². The van der Waals surface area contributed by atoms with E-state index >= 15 is 0 Å². The Morgan fingerprint density at radius 2 is 2.32 bits per heavy atom. The first-order valence-electron chi connectivity index (χ1n) is 8.63. The monoisotopic (exact) mass is 361 g/mol. The number of anilines is 1. The van der Waals surface area contributed by atoms with Crippen LogP contribution < -0.4 is 10.2 Å². The largest absolute Gasteiger partial charge is 0.371 e. The van der Waals surface area contributed by atoms with Gasteiger partial charge in [0.25, 0.3) is 5.91 Å². The minimum Gasteiger partial charge on any atom is -0.371 e. The Morgan fingerprint density at radius 1 is 1.48 bits per heavy atom. The van der Waals surface area contributed by atoms with E-state index in [9.17, 15) is 4.79 Å². The summed E-state index contributed by atoms with van der Waals surface area (Å²) < 4.78 is 8.01. The van der Waals surface area contributed by atoms with Gasteiger partial charge in [-0.15, -0.1) is 10.2 Å². The SMILES string of the molecule is Cc1nnc(N2CC3(CC[C@@H](CNC(=O)c4cccn4C)CO3)C2)s1. The molecule has 134 valence electrons. The quantitative estimate of drug-likeness (QED) is 0.896. The average molecular weight is 361 g/mol. The number of carbonyl (C=O) groups excluding carboxylic acids is 1. The molecule has 0 radical (unpaired) electrons. The summed E-state index contributed by atoms with van der Waals surface area (Å²) in [5.74, 6) is 0.363. The topological polar surface area (TPSA) is 72.3 Å². The molecule has 0 aromatic carbocycles. The van der Waals surface area contributed by atoms with E-state index in [1.807, 2.05) is 36.9 Å². The van der Waals surface area contributed by atoms with Crippen LogP contribution in [0.4, 0.5) is 5.13 Å². The van der Waals surface area contributed by atoms with Gasteiger partial charge in [0.15, 0.2) is 0 Å². The molecule has 1 N–H and O–H groups in total. The van der Waals surface area contributed by atoms with Crippen molar-refractivity contribution in [3.05, 3.63) is 29.0 Å². The van der Waals surface area contributed by atoms with Gasteiger partial charge in [0.2, 0.25) is 5.13 Å². The van der Waals surface area contributed by atoms with Crippen LogP contribution >= 0.6 is 11.3 Å². The van der Waals surface area contributed by atoms with Crippen molar-refractivity contribution in [2.24, 2.45) is 13.0 Å². The van der Waals surface area contributed by atoms with Crippen molar-refractivity contribution < 1.29 is 9.53 Å². The number of carbonyl (C=O) groups is 1. The maximum absolute atomic E-state index is 12.2. The van der Waals surface area contributed by atoms with Crippen LogP contribution in [0.15, 0.2) is 18.3 Å². The molecule has 4 heterocycles. The first-order valence-corrected chi connectivity index (χ1v) is 9.45. The second-order valence-corrected chi connectivity index (χ2v) is 8.23. The number of aryl methyl sites for hydroxylation is 2. The molecular formula is C17H23N5O2S. The van der Waals surface area contributed by atoms with E-state index in [0.717, 1.165) is 36.1 Å². The van der Waals surface area contributed by atoms with Gasteiger partial charge in [-0.1, -0.05) is 11.3 Å². The number of nitrogens with one attached hydrogen (secondary N) is 1. The van der Waals surface area contributed by atoms with Crippen LogP contribution in [0.25, 0.3) is 0 Å². The molecule has 1 atom stereocenters. The molecule has 8 heteroatoms. The molecule has 25 heavy (non-hydrogen) atoms. The van der Waals surface area contributed by atoms with E-state index in [1.165, 1.54) is 0 Å². The van der Waals surface area contributed by atoms with E-state index in [-0.39, 0.29) is 11.5 Å². The highest BCUT2D eigenvalue weighted by molar-refractivity contribution is 7.15. The molecule has 0 bridgehead atoms. The number of aromatic nitrogens is 3. The predicted molar refractivity (Wildman–Crippen MR) is 96.0 cm³/mol. The molecule has 2 aromatic rings. The van der Waals surface area contributed by atoms with Crippen LogP contribution in [0, 0.1) is 12.8 Å². The average Bonchev–Trinajstić information content (AvgIpc) is 3.19. The summed E-state index contributed by atoms with van der Waals surface area (Å²) in [4.78, 5) is 14.4. The van der Waals surface area contributed by atoms with E-state index in [1.54, 1.807) is 11.3 Å². The minimum atomic E-state index is -0.0296. The number of hydrogen-bond donors (Lipinski definition) is 1. The van der Waals surface area contributed by atoms with E-state index in [2.05, 4.69) is 20.4 Å². The number of hydrogen-bond acceptors (Lipinski definition) is 6. The zero-order chi connectivity index (χ0) is 17.4. The van der Waals surface area contributed by atoms with E-state index < -0.39 is 0 Å². The van der Waals surface area contributed by atoms with Crippen LogP contribution in [0.5, 0.6) is 0 Å². The highest BCUT2D eigenvalue weighted by atomic mass is 32.1. The molecule has 2 fully saturated rings. The second kappa shape index (κ2) is 6.42. The van der Waals surface area contributed by atoms with Crippen molar-refractivity contribution >= 4 is 22.4 Å². The predicted octanol–water partition coefficient (Wildman–Crippen LogP) is 1.60. The number of rotatable bonds is 4.